The molecule has 5 nitrogen and oxygen atoms in total. The van der Waals surface area contributed by atoms with E-state index in [1.807, 2.05) is 12.1 Å². The van der Waals surface area contributed by atoms with Gasteiger partial charge in [0, 0.05) is 6.20 Å². The molecule has 0 aliphatic heterocycles. The van der Waals surface area contributed by atoms with E-state index in [9.17, 15) is 0 Å². The minimum atomic E-state index is 0. The van der Waals surface area contributed by atoms with Crippen LogP contribution in [0.1, 0.15) is 0 Å². The topological polar surface area (TPSA) is 82.0 Å². The van der Waals surface area contributed by atoms with Crippen molar-refractivity contribution >= 4 is 18.8 Å². The molecule has 0 amide bonds. The van der Waals surface area contributed by atoms with Crippen LogP contribution in [0.25, 0.3) is 11.2 Å². The van der Waals surface area contributed by atoms with Gasteiger partial charge in [0.2, 0.25) is 0 Å². The molecule has 0 atom stereocenters. The third-order valence-corrected chi connectivity index (χ3v) is 1.19. The van der Waals surface area contributed by atoms with Crippen molar-refractivity contribution in [3.05, 3.63) is 24.7 Å². The van der Waals surface area contributed by atoms with E-state index < -0.39 is 0 Å². The molecule has 61 valence electrons. The summed E-state index contributed by atoms with van der Waals surface area (Å²) in [5, 5.41) is 14.0. The Balaban J connectivity index is 0.000000213. The van der Waals surface area contributed by atoms with Gasteiger partial charge < -0.3 is 15.0 Å². The predicted molar refractivity (Wildman–Crippen MR) is 44.1 cm³/mol. The van der Waals surface area contributed by atoms with Crippen LogP contribution in [0.2, 0.25) is 0 Å². The van der Waals surface area contributed by atoms with E-state index >= 15 is 0 Å². The van der Waals surface area contributed by atoms with Crippen LogP contribution in [0.3, 0.4) is 0 Å². The highest BCUT2D eigenvalue weighted by molar-refractivity contribution is 6.13. The normalized spacial score (nSPS) is 8.83. The average molecular weight is 164 g/mol. The van der Waals surface area contributed by atoms with Crippen LogP contribution < -0.4 is 0 Å². The minimum Gasteiger partial charge on any atom is -0.429 e. The lowest BCUT2D eigenvalue weighted by atomic mass is 10.4. The van der Waals surface area contributed by atoms with Crippen LogP contribution in [0.4, 0.5) is 0 Å². The van der Waals surface area contributed by atoms with E-state index in [1.165, 1.54) is 0 Å². The summed E-state index contributed by atoms with van der Waals surface area (Å²) in [6, 6.07) is 3.82. The number of hydrogen-bond donors (Lipinski definition) is 3. The lowest BCUT2D eigenvalue weighted by molar-refractivity contribution is 0.448. The maximum Gasteiger partial charge on any atom is 0.482 e. The number of rotatable bonds is 0. The van der Waals surface area contributed by atoms with Crippen LogP contribution in [0, 0.1) is 0 Å². The Hall–Kier alpha value is -1.40. The summed E-state index contributed by atoms with van der Waals surface area (Å²) in [7, 11) is 0. The molecule has 0 aliphatic carbocycles. The molecule has 1 radical (unpaired) electrons. The Morgan fingerprint density at radius 3 is 2.75 bits per heavy atom. The Morgan fingerprint density at radius 1 is 1.33 bits per heavy atom. The Kier molecular flexibility index (Phi) is 3.24. The van der Waals surface area contributed by atoms with Crippen LogP contribution in [-0.2, 0) is 0 Å². The lowest BCUT2D eigenvalue weighted by Gasteiger charge is -1.80. The van der Waals surface area contributed by atoms with E-state index in [0.29, 0.717) is 0 Å². The SMILES string of the molecule is O[B]O.c1cnc2nc[nH]c2c1. The molecule has 0 saturated heterocycles. The number of fused-ring (bicyclic) bond motifs is 1. The first-order valence-corrected chi connectivity index (χ1v) is 3.22. The number of imidazole rings is 1. The maximum atomic E-state index is 7.00. The molecule has 6 heteroatoms. The van der Waals surface area contributed by atoms with Crippen molar-refractivity contribution < 1.29 is 10.0 Å². The Labute approximate surface area is 69.4 Å². The Morgan fingerprint density at radius 2 is 2.08 bits per heavy atom. The second-order valence-corrected chi connectivity index (χ2v) is 1.89. The molecule has 2 aromatic heterocycles. The molecule has 2 heterocycles. The fraction of sp³-hybridized carbons (Fsp3) is 0. The van der Waals surface area contributed by atoms with Crippen LogP contribution >= 0.6 is 0 Å². The molecule has 0 unspecified atom stereocenters. The van der Waals surface area contributed by atoms with Crippen molar-refractivity contribution in [2.45, 2.75) is 0 Å². The minimum absolute atomic E-state index is 0. The quantitative estimate of drug-likeness (QED) is 0.456. The van der Waals surface area contributed by atoms with Gasteiger partial charge in [-0.3, -0.25) is 0 Å². The van der Waals surface area contributed by atoms with E-state index in [0.717, 1.165) is 11.2 Å². The molecule has 0 fully saturated rings. The van der Waals surface area contributed by atoms with E-state index in [1.54, 1.807) is 12.5 Å². The van der Waals surface area contributed by atoms with Gasteiger partial charge in [-0.25, -0.2) is 9.97 Å². The summed E-state index contributed by atoms with van der Waals surface area (Å²) >= 11 is 0. The zero-order valence-corrected chi connectivity index (χ0v) is 6.18. The highest BCUT2D eigenvalue weighted by Gasteiger charge is 1.90. The molecular weight excluding hydrogens is 157 g/mol. The number of aromatic nitrogens is 3. The van der Waals surface area contributed by atoms with Crippen molar-refractivity contribution in [3.63, 3.8) is 0 Å². The van der Waals surface area contributed by atoms with E-state index in [-0.39, 0.29) is 7.69 Å². The van der Waals surface area contributed by atoms with Gasteiger partial charge in [-0.15, -0.1) is 0 Å². The van der Waals surface area contributed by atoms with Gasteiger partial charge in [0.25, 0.3) is 0 Å². The highest BCUT2D eigenvalue weighted by atomic mass is 16.4. The molecule has 2 aromatic rings. The Bertz CT molecular complexity index is 308. The third kappa shape index (κ3) is 2.04. The number of pyridine rings is 1. The van der Waals surface area contributed by atoms with Gasteiger partial charge in [-0.2, -0.15) is 0 Å². The van der Waals surface area contributed by atoms with Gasteiger partial charge in [0.1, 0.15) is 0 Å². The first-order chi connectivity index (χ1) is 5.88. The standard InChI is InChI=1S/C6H5N3.BH2O2/c1-2-5-6(7-3-1)9-4-8-5;2-1-3/h1-4H,(H,7,8,9);2-3H. The number of hydrogen-bond acceptors (Lipinski definition) is 4. The van der Waals surface area contributed by atoms with Gasteiger partial charge >= 0.3 is 7.69 Å². The molecule has 0 bridgehead atoms. The molecular formula is C6H7BN3O2. The summed E-state index contributed by atoms with van der Waals surface area (Å²) in [5.41, 5.74) is 1.76. The summed E-state index contributed by atoms with van der Waals surface area (Å²) in [6.45, 7) is 0. The predicted octanol–water partition coefficient (Wildman–Crippen LogP) is -0.537. The van der Waals surface area contributed by atoms with Crippen LogP contribution in [-0.4, -0.2) is 32.7 Å². The van der Waals surface area contributed by atoms with Crippen molar-refractivity contribution in [1.29, 1.82) is 0 Å². The molecule has 0 spiro atoms. The zero-order valence-electron chi connectivity index (χ0n) is 6.18. The molecule has 0 aliphatic rings. The number of aromatic amines is 1. The molecule has 3 N–H and O–H groups in total. The average Bonchev–Trinajstić information content (AvgIpc) is 2.52. The fourth-order valence-electron chi connectivity index (χ4n) is 0.775. The van der Waals surface area contributed by atoms with E-state index in [4.69, 9.17) is 10.0 Å². The number of nitrogens with one attached hydrogen (secondary N) is 1. The number of H-pyrrole nitrogens is 1. The smallest absolute Gasteiger partial charge is 0.429 e. The number of nitrogens with zero attached hydrogens (tertiary/aromatic N) is 2. The first-order valence-electron chi connectivity index (χ1n) is 3.22. The van der Waals surface area contributed by atoms with Gasteiger partial charge in [0.15, 0.2) is 5.65 Å². The van der Waals surface area contributed by atoms with Gasteiger partial charge in [-0.05, 0) is 12.1 Å². The monoisotopic (exact) mass is 164 g/mol. The zero-order chi connectivity index (χ0) is 8.81. The van der Waals surface area contributed by atoms with Crippen molar-refractivity contribution in [1.82, 2.24) is 15.0 Å². The van der Waals surface area contributed by atoms with Crippen molar-refractivity contribution in [2.24, 2.45) is 0 Å². The van der Waals surface area contributed by atoms with Crippen molar-refractivity contribution in [3.8, 4) is 0 Å². The van der Waals surface area contributed by atoms with Gasteiger partial charge in [0.05, 0.1) is 11.8 Å². The summed E-state index contributed by atoms with van der Waals surface area (Å²) in [4.78, 5) is 10.9. The van der Waals surface area contributed by atoms with Crippen LogP contribution in [0.15, 0.2) is 24.7 Å². The maximum absolute atomic E-state index is 7.00. The molecule has 0 aromatic carbocycles. The van der Waals surface area contributed by atoms with Crippen LogP contribution in [0.5, 0.6) is 0 Å². The molecule has 12 heavy (non-hydrogen) atoms. The van der Waals surface area contributed by atoms with E-state index in [2.05, 4.69) is 15.0 Å². The summed E-state index contributed by atoms with van der Waals surface area (Å²) in [5.74, 6) is 0. The second kappa shape index (κ2) is 4.48. The highest BCUT2D eigenvalue weighted by Crippen LogP contribution is 2.01. The lowest BCUT2D eigenvalue weighted by Crippen LogP contribution is -1.75. The second-order valence-electron chi connectivity index (χ2n) is 1.89. The summed E-state index contributed by atoms with van der Waals surface area (Å²) in [6.07, 6.45) is 3.36. The largest absolute Gasteiger partial charge is 0.482 e. The summed E-state index contributed by atoms with van der Waals surface area (Å²) < 4.78 is 0. The van der Waals surface area contributed by atoms with Gasteiger partial charge in [-0.1, -0.05) is 0 Å². The first kappa shape index (κ1) is 8.70. The molecule has 2 rings (SSSR count). The third-order valence-electron chi connectivity index (χ3n) is 1.19. The van der Waals surface area contributed by atoms with Crippen molar-refractivity contribution in [2.75, 3.05) is 0 Å². The molecule has 0 saturated carbocycles. The fourth-order valence-corrected chi connectivity index (χ4v) is 0.775.